The van der Waals surface area contributed by atoms with Crippen molar-refractivity contribution < 1.29 is 4.39 Å². The molecule has 0 atom stereocenters. The highest BCUT2D eigenvalue weighted by Crippen LogP contribution is 2.14. The molecule has 88 valence electrons. The van der Waals surface area contributed by atoms with Crippen LogP contribution < -0.4 is 4.90 Å². The monoisotopic (exact) mass is 231 g/mol. The van der Waals surface area contributed by atoms with E-state index >= 15 is 0 Å². The summed E-state index contributed by atoms with van der Waals surface area (Å²) in [4.78, 5) is 10.3. The molecular formula is C13H14FN3. The number of anilines is 1. The van der Waals surface area contributed by atoms with Crippen molar-refractivity contribution in [2.24, 2.45) is 0 Å². The third kappa shape index (κ3) is 2.78. The van der Waals surface area contributed by atoms with E-state index in [1.54, 1.807) is 24.5 Å². The van der Waals surface area contributed by atoms with Crippen LogP contribution in [0.3, 0.4) is 0 Å². The molecule has 0 spiro atoms. The fraction of sp³-hybridized carbons (Fsp3) is 0.231. The Morgan fingerprint density at radius 3 is 2.71 bits per heavy atom. The molecule has 0 unspecified atom stereocenters. The highest BCUT2D eigenvalue weighted by atomic mass is 19.1. The van der Waals surface area contributed by atoms with Crippen molar-refractivity contribution in [3.8, 4) is 0 Å². The molecule has 0 aliphatic carbocycles. The molecular weight excluding hydrogens is 217 g/mol. The van der Waals surface area contributed by atoms with Gasteiger partial charge in [0.2, 0.25) is 0 Å². The lowest BCUT2D eigenvalue weighted by Gasteiger charge is -2.18. The van der Waals surface area contributed by atoms with Gasteiger partial charge in [-0.05, 0) is 13.0 Å². The van der Waals surface area contributed by atoms with Crippen molar-refractivity contribution in [1.82, 2.24) is 9.97 Å². The van der Waals surface area contributed by atoms with Gasteiger partial charge in [0.1, 0.15) is 11.6 Å². The highest BCUT2D eigenvalue weighted by molar-refractivity contribution is 5.36. The van der Waals surface area contributed by atoms with Crippen LogP contribution in [0.2, 0.25) is 0 Å². The van der Waals surface area contributed by atoms with E-state index in [0.717, 1.165) is 11.5 Å². The summed E-state index contributed by atoms with van der Waals surface area (Å²) in [7, 11) is 1.87. The van der Waals surface area contributed by atoms with Crippen molar-refractivity contribution in [2.75, 3.05) is 11.9 Å². The summed E-state index contributed by atoms with van der Waals surface area (Å²) >= 11 is 0. The fourth-order valence-electron chi connectivity index (χ4n) is 1.60. The number of nitrogens with zero attached hydrogens (tertiary/aromatic N) is 3. The third-order valence-electron chi connectivity index (χ3n) is 2.50. The van der Waals surface area contributed by atoms with Crippen LogP contribution in [0, 0.1) is 12.7 Å². The molecule has 0 saturated carbocycles. The van der Waals surface area contributed by atoms with Gasteiger partial charge >= 0.3 is 0 Å². The van der Waals surface area contributed by atoms with Crippen LogP contribution in [0.25, 0.3) is 0 Å². The molecule has 1 heterocycles. The second-order valence-electron chi connectivity index (χ2n) is 3.97. The van der Waals surface area contributed by atoms with Crippen LogP contribution in [0.5, 0.6) is 0 Å². The van der Waals surface area contributed by atoms with E-state index < -0.39 is 0 Å². The zero-order valence-electron chi connectivity index (χ0n) is 9.89. The summed E-state index contributed by atoms with van der Waals surface area (Å²) in [5.41, 5.74) is 1.50. The van der Waals surface area contributed by atoms with Gasteiger partial charge in [-0.25, -0.2) is 9.37 Å². The van der Waals surface area contributed by atoms with Gasteiger partial charge < -0.3 is 4.90 Å². The summed E-state index contributed by atoms with van der Waals surface area (Å²) in [6.07, 6.45) is 3.37. The van der Waals surface area contributed by atoms with E-state index in [1.807, 2.05) is 24.9 Å². The van der Waals surface area contributed by atoms with Crippen LogP contribution in [-0.2, 0) is 6.54 Å². The molecule has 0 radical (unpaired) electrons. The van der Waals surface area contributed by atoms with Gasteiger partial charge in [-0.1, -0.05) is 18.2 Å². The number of aryl methyl sites for hydroxylation is 1. The van der Waals surface area contributed by atoms with Crippen LogP contribution in [-0.4, -0.2) is 17.0 Å². The number of benzene rings is 1. The Morgan fingerprint density at radius 2 is 2.00 bits per heavy atom. The maximum atomic E-state index is 13.5. The SMILES string of the molecule is Cc1cncc(N(C)Cc2ccccc2F)n1. The van der Waals surface area contributed by atoms with E-state index in [-0.39, 0.29) is 5.82 Å². The van der Waals surface area contributed by atoms with Crippen molar-refractivity contribution in [3.05, 3.63) is 53.7 Å². The lowest BCUT2D eigenvalue weighted by Crippen LogP contribution is -2.18. The lowest BCUT2D eigenvalue weighted by molar-refractivity contribution is 0.607. The summed E-state index contributed by atoms with van der Waals surface area (Å²) < 4.78 is 13.5. The Hall–Kier alpha value is -1.97. The molecule has 0 amide bonds. The molecule has 1 aromatic heterocycles. The van der Waals surface area contributed by atoms with Crippen molar-refractivity contribution >= 4 is 5.82 Å². The van der Waals surface area contributed by atoms with E-state index in [9.17, 15) is 4.39 Å². The summed E-state index contributed by atoms with van der Waals surface area (Å²) in [6, 6.07) is 6.75. The first kappa shape index (κ1) is 11.5. The van der Waals surface area contributed by atoms with Crippen molar-refractivity contribution in [2.45, 2.75) is 13.5 Å². The molecule has 0 aliphatic heterocycles. The maximum Gasteiger partial charge on any atom is 0.147 e. The van der Waals surface area contributed by atoms with E-state index in [1.165, 1.54) is 6.07 Å². The summed E-state index contributed by atoms with van der Waals surface area (Å²) in [5.74, 6) is 0.549. The fourth-order valence-corrected chi connectivity index (χ4v) is 1.60. The Bertz CT molecular complexity index is 514. The molecule has 2 aromatic rings. The van der Waals surface area contributed by atoms with Gasteiger partial charge in [0.15, 0.2) is 0 Å². The van der Waals surface area contributed by atoms with Gasteiger partial charge in [0, 0.05) is 25.4 Å². The Balaban J connectivity index is 2.17. The van der Waals surface area contributed by atoms with Crippen LogP contribution >= 0.6 is 0 Å². The van der Waals surface area contributed by atoms with Crippen LogP contribution in [0.1, 0.15) is 11.3 Å². The Morgan fingerprint density at radius 1 is 1.24 bits per heavy atom. The highest BCUT2D eigenvalue weighted by Gasteiger charge is 2.07. The molecule has 0 bridgehead atoms. The zero-order valence-corrected chi connectivity index (χ0v) is 9.89. The lowest BCUT2D eigenvalue weighted by atomic mass is 10.2. The van der Waals surface area contributed by atoms with Crippen molar-refractivity contribution in [3.63, 3.8) is 0 Å². The number of rotatable bonds is 3. The van der Waals surface area contributed by atoms with E-state index in [4.69, 9.17) is 0 Å². The normalized spacial score (nSPS) is 10.3. The third-order valence-corrected chi connectivity index (χ3v) is 2.50. The second-order valence-corrected chi connectivity index (χ2v) is 3.97. The van der Waals surface area contributed by atoms with E-state index in [2.05, 4.69) is 9.97 Å². The number of hydrogen-bond acceptors (Lipinski definition) is 3. The standard InChI is InChI=1S/C13H14FN3/c1-10-7-15-8-13(16-10)17(2)9-11-5-3-4-6-12(11)14/h3-8H,9H2,1-2H3. The van der Waals surface area contributed by atoms with Gasteiger partial charge in [-0.2, -0.15) is 0 Å². The molecule has 2 rings (SSSR count). The van der Waals surface area contributed by atoms with E-state index in [0.29, 0.717) is 12.1 Å². The predicted octanol–water partition coefficient (Wildman–Crippen LogP) is 2.56. The molecule has 17 heavy (non-hydrogen) atoms. The van der Waals surface area contributed by atoms with Crippen LogP contribution in [0.15, 0.2) is 36.7 Å². The first-order chi connectivity index (χ1) is 8.16. The second kappa shape index (κ2) is 4.91. The average molecular weight is 231 g/mol. The van der Waals surface area contributed by atoms with Crippen molar-refractivity contribution in [1.29, 1.82) is 0 Å². The van der Waals surface area contributed by atoms with Crippen LogP contribution in [0.4, 0.5) is 10.2 Å². The largest absolute Gasteiger partial charge is 0.354 e. The first-order valence-electron chi connectivity index (χ1n) is 5.40. The van der Waals surface area contributed by atoms with Gasteiger partial charge in [0.25, 0.3) is 0 Å². The number of halogens is 1. The molecule has 0 N–H and O–H groups in total. The topological polar surface area (TPSA) is 29.0 Å². The molecule has 0 saturated heterocycles. The number of aromatic nitrogens is 2. The predicted molar refractivity (Wildman–Crippen MR) is 65.3 cm³/mol. The maximum absolute atomic E-state index is 13.5. The minimum atomic E-state index is -0.194. The average Bonchev–Trinajstić information content (AvgIpc) is 2.32. The zero-order chi connectivity index (χ0) is 12.3. The summed E-state index contributed by atoms with van der Waals surface area (Å²) in [6.45, 7) is 2.36. The minimum Gasteiger partial charge on any atom is -0.354 e. The quantitative estimate of drug-likeness (QED) is 0.813. The molecule has 4 heteroatoms. The number of hydrogen-bond donors (Lipinski definition) is 0. The molecule has 1 aromatic carbocycles. The Labute approximate surface area is 99.9 Å². The van der Waals surface area contributed by atoms with Gasteiger partial charge in [0.05, 0.1) is 11.9 Å². The Kier molecular flexibility index (Phi) is 3.32. The molecule has 3 nitrogen and oxygen atoms in total. The molecule has 0 fully saturated rings. The van der Waals surface area contributed by atoms with Gasteiger partial charge in [-0.3, -0.25) is 4.98 Å². The summed E-state index contributed by atoms with van der Waals surface area (Å²) in [5, 5.41) is 0. The minimum absolute atomic E-state index is 0.194. The smallest absolute Gasteiger partial charge is 0.147 e. The first-order valence-corrected chi connectivity index (χ1v) is 5.40. The molecule has 0 aliphatic rings. The van der Waals surface area contributed by atoms with Gasteiger partial charge in [-0.15, -0.1) is 0 Å².